The Morgan fingerprint density at radius 1 is 1.32 bits per heavy atom. The lowest BCUT2D eigenvalue weighted by atomic mass is 10.0. The maximum atomic E-state index is 4.25. The second-order valence-electron chi connectivity index (χ2n) is 4.85. The van der Waals surface area contributed by atoms with Crippen molar-refractivity contribution in [2.75, 3.05) is 6.54 Å². The molecule has 0 saturated heterocycles. The van der Waals surface area contributed by atoms with Crippen LogP contribution in [0.5, 0.6) is 0 Å². The monoisotopic (exact) mass is 259 g/mol. The zero-order chi connectivity index (χ0) is 13.7. The number of aryl methyl sites for hydroxylation is 2. The molecule has 0 fully saturated rings. The minimum Gasteiger partial charge on any atom is -0.313 e. The highest BCUT2D eigenvalue weighted by atomic mass is 15.6. The fourth-order valence-corrected chi connectivity index (χ4v) is 2.25. The number of nitrogens with one attached hydrogen (secondary N) is 1. The third-order valence-electron chi connectivity index (χ3n) is 3.04. The molecule has 5 nitrogen and oxygen atoms in total. The predicted octanol–water partition coefficient (Wildman–Crippen LogP) is 1.28. The highest BCUT2D eigenvalue weighted by Gasteiger charge is 2.12. The Labute approximate surface area is 114 Å². The molecule has 2 rings (SSSR count). The maximum Gasteiger partial charge on any atom is 0.176 e. The predicted molar refractivity (Wildman–Crippen MR) is 74.8 cm³/mol. The summed E-state index contributed by atoms with van der Waals surface area (Å²) < 4.78 is 0. The van der Waals surface area contributed by atoms with E-state index >= 15 is 0 Å². The van der Waals surface area contributed by atoms with Crippen LogP contribution in [0.3, 0.4) is 0 Å². The van der Waals surface area contributed by atoms with E-state index in [0.29, 0.717) is 6.04 Å². The van der Waals surface area contributed by atoms with Gasteiger partial charge in [0, 0.05) is 12.5 Å². The first-order chi connectivity index (χ1) is 9.17. The summed E-state index contributed by atoms with van der Waals surface area (Å²) in [5.74, 6) is 0.793. The third-order valence-corrected chi connectivity index (χ3v) is 3.04. The molecule has 0 aliphatic heterocycles. The molecule has 1 N–H and O–H groups in total. The zero-order valence-electron chi connectivity index (χ0n) is 11.8. The van der Waals surface area contributed by atoms with Crippen LogP contribution in [0.25, 0.3) is 0 Å². The second-order valence-corrected chi connectivity index (χ2v) is 4.85. The highest BCUT2D eigenvalue weighted by molar-refractivity contribution is 5.23. The maximum absolute atomic E-state index is 4.25. The molecule has 0 spiro atoms. The van der Waals surface area contributed by atoms with Gasteiger partial charge in [0.1, 0.15) is 0 Å². The summed E-state index contributed by atoms with van der Waals surface area (Å²) in [6.45, 7) is 5.18. The van der Waals surface area contributed by atoms with Gasteiger partial charge in [-0.3, -0.25) is 0 Å². The van der Waals surface area contributed by atoms with Crippen molar-refractivity contribution in [3.63, 3.8) is 0 Å². The van der Waals surface area contributed by atoms with E-state index in [4.69, 9.17) is 0 Å². The number of aromatic nitrogens is 4. The summed E-state index contributed by atoms with van der Waals surface area (Å²) in [6.07, 6.45) is 1.78. The quantitative estimate of drug-likeness (QED) is 0.849. The normalized spacial score (nSPS) is 12.6. The van der Waals surface area contributed by atoms with Gasteiger partial charge in [0.25, 0.3) is 0 Å². The number of hydrogen-bond donors (Lipinski definition) is 1. The van der Waals surface area contributed by atoms with Gasteiger partial charge in [-0.2, -0.15) is 4.80 Å². The van der Waals surface area contributed by atoms with Crippen LogP contribution in [0.15, 0.2) is 24.3 Å². The van der Waals surface area contributed by atoms with Crippen molar-refractivity contribution in [1.82, 2.24) is 25.5 Å². The smallest absolute Gasteiger partial charge is 0.176 e. The fourth-order valence-electron chi connectivity index (χ4n) is 2.25. The van der Waals surface area contributed by atoms with Gasteiger partial charge in [-0.1, -0.05) is 36.8 Å². The number of benzene rings is 1. The first kappa shape index (κ1) is 13.7. The van der Waals surface area contributed by atoms with E-state index in [0.717, 1.165) is 25.2 Å². The van der Waals surface area contributed by atoms with E-state index in [1.54, 1.807) is 7.05 Å². The molecular formula is C14H21N5. The van der Waals surface area contributed by atoms with Gasteiger partial charge in [0.15, 0.2) is 5.82 Å². The van der Waals surface area contributed by atoms with Crippen LogP contribution in [0.4, 0.5) is 0 Å². The average molecular weight is 259 g/mol. The first-order valence-electron chi connectivity index (χ1n) is 6.69. The van der Waals surface area contributed by atoms with E-state index < -0.39 is 0 Å². The van der Waals surface area contributed by atoms with Crippen LogP contribution in [0, 0.1) is 6.92 Å². The van der Waals surface area contributed by atoms with Gasteiger partial charge < -0.3 is 5.32 Å². The van der Waals surface area contributed by atoms with Gasteiger partial charge in [0.05, 0.1) is 7.05 Å². The minimum atomic E-state index is 0.344. The van der Waals surface area contributed by atoms with Gasteiger partial charge in [-0.15, -0.1) is 10.2 Å². The van der Waals surface area contributed by atoms with Crippen molar-refractivity contribution in [1.29, 1.82) is 0 Å². The molecule has 1 unspecified atom stereocenters. The van der Waals surface area contributed by atoms with Gasteiger partial charge in [0.2, 0.25) is 0 Å². The molecule has 0 amide bonds. The number of likely N-dealkylation sites (N-methyl/N-ethyl adjacent to an activating group) is 1. The summed E-state index contributed by atoms with van der Waals surface area (Å²) >= 11 is 0. The molecule has 0 aliphatic carbocycles. The van der Waals surface area contributed by atoms with Crippen molar-refractivity contribution >= 4 is 0 Å². The van der Waals surface area contributed by atoms with Crippen molar-refractivity contribution in [3.05, 3.63) is 41.2 Å². The summed E-state index contributed by atoms with van der Waals surface area (Å²) in [5.41, 5.74) is 2.64. The van der Waals surface area contributed by atoms with Crippen molar-refractivity contribution < 1.29 is 0 Å². The van der Waals surface area contributed by atoms with Crippen LogP contribution in [0.2, 0.25) is 0 Å². The summed E-state index contributed by atoms with van der Waals surface area (Å²) in [6, 6.07) is 8.97. The summed E-state index contributed by atoms with van der Waals surface area (Å²) in [5, 5.41) is 15.7. The Bertz CT molecular complexity index is 520. The highest BCUT2D eigenvalue weighted by Crippen LogP contribution is 2.09. The van der Waals surface area contributed by atoms with Crippen LogP contribution in [-0.4, -0.2) is 32.8 Å². The van der Waals surface area contributed by atoms with Crippen molar-refractivity contribution in [3.8, 4) is 0 Å². The lowest BCUT2D eigenvalue weighted by molar-refractivity contribution is 0.509. The molecule has 0 aliphatic rings. The number of tetrazole rings is 1. The first-order valence-corrected chi connectivity index (χ1v) is 6.69. The van der Waals surface area contributed by atoms with Crippen molar-refractivity contribution in [2.45, 2.75) is 32.7 Å². The topological polar surface area (TPSA) is 55.6 Å². The zero-order valence-corrected chi connectivity index (χ0v) is 11.8. The van der Waals surface area contributed by atoms with E-state index in [1.165, 1.54) is 15.9 Å². The van der Waals surface area contributed by atoms with Gasteiger partial charge in [-0.05, 0) is 30.7 Å². The molecular weight excluding hydrogens is 238 g/mol. The Hall–Kier alpha value is -1.75. The molecule has 0 saturated carbocycles. The molecule has 1 aromatic carbocycles. The Balaban J connectivity index is 2.03. The Kier molecular flexibility index (Phi) is 4.63. The summed E-state index contributed by atoms with van der Waals surface area (Å²) in [7, 11) is 1.79. The third kappa shape index (κ3) is 4.13. The number of hydrogen-bond acceptors (Lipinski definition) is 4. The van der Waals surface area contributed by atoms with E-state index in [2.05, 4.69) is 58.8 Å². The minimum absolute atomic E-state index is 0.344. The lowest BCUT2D eigenvalue weighted by Crippen LogP contribution is -2.33. The molecule has 19 heavy (non-hydrogen) atoms. The van der Waals surface area contributed by atoms with Crippen molar-refractivity contribution in [2.24, 2.45) is 7.05 Å². The van der Waals surface area contributed by atoms with Gasteiger partial charge in [-0.25, -0.2) is 0 Å². The van der Waals surface area contributed by atoms with Crippen LogP contribution >= 0.6 is 0 Å². The number of nitrogens with zero attached hydrogens (tertiary/aromatic N) is 4. The second kappa shape index (κ2) is 6.43. The SMILES string of the molecule is CCNC(Cc1cccc(C)c1)Cc1nnn(C)n1. The number of rotatable bonds is 6. The van der Waals surface area contributed by atoms with E-state index in [9.17, 15) is 0 Å². The Morgan fingerprint density at radius 2 is 2.16 bits per heavy atom. The molecule has 0 bridgehead atoms. The Morgan fingerprint density at radius 3 is 2.79 bits per heavy atom. The molecule has 1 atom stereocenters. The standard InChI is InChI=1S/C14H21N5/c1-4-15-13(10-14-16-18-19(3)17-14)9-12-7-5-6-11(2)8-12/h5-8,13,15H,4,9-10H2,1-3H3. The fraction of sp³-hybridized carbons (Fsp3) is 0.500. The molecule has 102 valence electrons. The van der Waals surface area contributed by atoms with E-state index in [-0.39, 0.29) is 0 Å². The molecule has 1 heterocycles. The lowest BCUT2D eigenvalue weighted by Gasteiger charge is -2.16. The molecule has 0 radical (unpaired) electrons. The molecule has 5 heteroatoms. The van der Waals surface area contributed by atoms with Crippen LogP contribution < -0.4 is 5.32 Å². The largest absolute Gasteiger partial charge is 0.313 e. The van der Waals surface area contributed by atoms with E-state index in [1.807, 2.05) is 0 Å². The van der Waals surface area contributed by atoms with Gasteiger partial charge >= 0.3 is 0 Å². The molecule has 1 aromatic heterocycles. The van der Waals surface area contributed by atoms with Crippen LogP contribution in [-0.2, 0) is 19.9 Å². The van der Waals surface area contributed by atoms with Crippen LogP contribution in [0.1, 0.15) is 23.9 Å². The average Bonchev–Trinajstić information content (AvgIpc) is 2.75. The molecule has 2 aromatic rings. The summed E-state index contributed by atoms with van der Waals surface area (Å²) in [4.78, 5) is 1.50.